The highest BCUT2D eigenvalue weighted by Gasteiger charge is 2.44. The number of hydrogen-bond acceptors (Lipinski definition) is 4. The van der Waals surface area contributed by atoms with Crippen LogP contribution in [0.3, 0.4) is 0 Å². The average molecular weight is 418 g/mol. The van der Waals surface area contributed by atoms with Crippen molar-refractivity contribution in [1.29, 1.82) is 0 Å². The lowest BCUT2D eigenvalue weighted by atomic mass is 9.93. The van der Waals surface area contributed by atoms with Crippen LogP contribution in [0.4, 0.5) is 0 Å². The van der Waals surface area contributed by atoms with Crippen molar-refractivity contribution in [1.82, 2.24) is 15.5 Å². The van der Waals surface area contributed by atoms with Gasteiger partial charge < -0.3 is 10.2 Å². The Morgan fingerprint density at radius 3 is 2.52 bits per heavy atom. The first-order valence-corrected chi connectivity index (χ1v) is 12.0. The number of nitrogens with one attached hydrogen (secondary N) is 2. The van der Waals surface area contributed by atoms with E-state index in [-0.39, 0.29) is 28.6 Å². The Morgan fingerprint density at radius 2 is 1.90 bits per heavy atom. The van der Waals surface area contributed by atoms with Crippen LogP contribution >= 0.6 is 11.8 Å². The third-order valence-electron chi connectivity index (χ3n) is 6.39. The molecule has 1 aromatic carbocycles. The third-order valence-corrected chi connectivity index (χ3v) is 7.97. The predicted molar refractivity (Wildman–Crippen MR) is 120 cm³/mol. The van der Waals surface area contributed by atoms with Gasteiger partial charge in [-0.25, -0.2) is 0 Å². The summed E-state index contributed by atoms with van der Waals surface area (Å²) in [5.41, 5.74) is 1.10. The monoisotopic (exact) mass is 417 g/mol. The number of amides is 2. The van der Waals surface area contributed by atoms with E-state index in [9.17, 15) is 9.59 Å². The van der Waals surface area contributed by atoms with Crippen LogP contribution in [-0.2, 0) is 9.59 Å². The molecule has 1 spiro atoms. The second-order valence-electron chi connectivity index (χ2n) is 8.46. The second kappa shape index (κ2) is 9.98. The second-order valence-corrected chi connectivity index (χ2v) is 9.86. The van der Waals surface area contributed by atoms with Gasteiger partial charge in [0.2, 0.25) is 11.8 Å². The Morgan fingerprint density at radius 1 is 1.21 bits per heavy atom. The van der Waals surface area contributed by atoms with Crippen LogP contribution in [0.2, 0.25) is 0 Å². The highest BCUT2D eigenvalue weighted by Crippen LogP contribution is 2.40. The minimum atomic E-state index is -0.126. The van der Waals surface area contributed by atoms with Crippen molar-refractivity contribution >= 4 is 23.6 Å². The molecule has 2 N–H and O–H groups in total. The molecule has 0 aromatic heterocycles. The molecular weight excluding hydrogens is 382 g/mol. The van der Waals surface area contributed by atoms with Crippen LogP contribution in [0.5, 0.6) is 0 Å². The molecule has 29 heavy (non-hydrogen) atoms. The Kier molecular flexibility index (Phi) is 7.63. The number of carbonyl (C=O) groups is 2. The fourth-order valence-corrected chi connectivity index (χ4v) is 5.58. The van der Waals surface area contributed by atoms with Crippen molar-refractivity contribution in [3.8, 4) is 0 Å². The Bertz CT molecular complexity index is 689. The molecule has 2 fully saturated rings. The lowest BCUT2D eigenvalue weighted by Crippen LogP contribution is -2.55. The summed E-state index contributed by atoms with van der Waals surface area (Å²) in [7, 11) is 0. The van der Waals surface area contributed by atoms with Gasteiger partial charge in [0.05, 0.1) is 16.8 Å². The Balaban J connectivity index is 1.52. The van der Waals surface area contributed by atoms with Crippen LogP contribution < -0.4 is 10.6 Å². The summed E-state index contributed by atoms with van der Waals surface area (Å²) in [5, 5.41) is 6.68. The summed E-state index contributed by atoms with van der Waals surface area (Å²) in [6, 6.07) is 9.97. The minimum absolute atomic E-state index is 0.0616. The molecule has 2 heterocycles. The zero-order valence-electron chi connectivity index (χ0n) is 17.9. The van der Waals surface area contributed by atoms with Crippen LogP contribution in [0, 0.1) is 5.92 Å². The van der Waals surface area contributed by atoms with Crippen molar-refractivity contribution in [3.05, 3.63) is 35.9 Å². The molecule has 0 saturated carbocycles. The molecule has 160 valence electrons. The van der Waals surface area contributed by atoms with Crippen LogP contribution in [0.25, 0.3) is 0 Å². The van der Waals surface area contributed by atoms with Gasteiger partial charge in [0.15, 0.2) is 0 Å². The van der Waals surface area contributed by atoms with Crippen LogP contribution in [0.1, 0.15) is 57.9 Å². The summed E-state index contributed by atoms with van der Waals surface area (Å²) < 4.78 is 0. The van der Waals surface area contributed by atoms with Gasteiger partial charge in [0, 0.05) is 25.4 Å². The molecule has 3 unspecified atom stereocenters. The SMILES string of the molecule is CCC(C)CNC(=O)C1CSC2(CCN(C(=O)C(CC)c3ccccc3)CC2)N1. The first-order valence-electron chi connectivity index (χ1n) is 11.0. The Hall–Kier alpha value is -1.53. The van der Waals surface area contributed by atoms with E-state index in [1.54, 1.807) is 0 Å². The highest BCUT2D eigenvalue weighted by molar-refractivity contribution is 8.01. The molecule has 2 saturated heterocycles. The number of nitrogens with zero attached hydrogens (tertiary/aromatic N) is 1. The third kappa shape index (κ3) is 5.34. The van der Waals surface area contributed by atoms with E-state index in [2.05, 4.69) is 43.5 Å². The first-order chi connectivity index (χ1) is 14.0. The topological polar surface area (TPSA) is 61.4 Å². The quantitative estimate of drug-likeness (QED) is 0.714. The van der Waals surface area contributed by atoms with E-state index < -0.39 is 0 Å². The molecule has 1 aromatic rings. The predicted octanol–water partition coefficient (Wildman–Crippen LogP) is 3.37. The fourth-order valence-electron chi connectivity index (χ4n) is 4.16. The molecule has 2 aliphatic rings. The maximum Gasteiger partial charge on any atom is 0.238 e. The molecule has 0 radical (unpaired) electrons. The number of carbonyl (C=O) groups excluding carboxylic acids is 2. The smallest absolute Gasteiger partial charge is 0.238 e. The van der Waals surface area contributed by atoms with Gasteiger partial charge in [0.1, 0.15) is 0 Å². The molecule has 2 aliphatic heterocycles. The fraction of sp³-hybridized carbons (Fsp3) is 0.652. The molecule has 2 amide bonds. The molecule has 6 heteroatoms. The van der Waals surface area contributed by atoms with Crippen LogP contribution in [-0.4, -0.2) is 53.0 Å². The van der Waals surface area contributed by atoms with E-state index in [4.69, 9.17) is 0 Å². The number of thioether (sulfide) groups is 1. The van der Waals surface area contributed by atoms with E-state index in [1.165, 1.54) is 0 Å². The van der Waals surface area contributed by atoms with Crippen molar-refractivity contribution in [2.75, 3.05) is 25.4 Å². The van der Waals surface area contributed by atoms with Crippen LogP contribution in [0.15, 0.2) is 30.3 Å². The number of likely N-dealkylation sites (tertiary alicyclic amines) is 1. The molecule has 0 aliphatic carbocycles. The number of rotatable bonds is 7. The summed E-state index contributed by atoms with van der Waals surface area (Å²) in [6.07, 6.45) is 3.67. The first kappa shape index (κ1) is 22.2. The standard InChI is InChI=1S/C23H35N3O2S/c1-4-17(3)15-24-21(27)20-16-29-23(25-20)11-13-26(14-12-23)22(28)19(5-2)18-9-7-6-8-10-18/h6-10,17,19-20,25H,4-5,11-16H2,1-3H3,(H,24,27). The number of hydrogen-bond donors (Lipinski definition) is 2. The highest BCUT2D eigenvalue weighted by atomic mass is 32.2. The maximum absolute atomic E-state index is 13.1. The Labute approximate surface area is 179 Å². The van der Waals surface area contributed by atoms with Crippen molar-refractivity contribution in [2.24, 2.45) is 5.92 Å². The normalized spacial score (nSPS) is 23.0. The van der Waals surface area contributed by atoms with E-state index in [0.29, 0.717) is 5.92 Å². The largest absolute Gasteiger partial charge is 0.354 e. The lowest BCUT2D eigenvalue weighted by molar-refractivity contribution is -0.134. The molecule has 3 rings (SSSR count). The van der Waals surface area contributed by atoms with Gasteiger partial charge in [-0.15, -0.1) is 11.8 Å². The summed E-state index contributed by atoms with van der Waals surface area (Å²) in [5.74, 6) is 1.60. The van der Waals surface area contributed by atoms with Crippen molar-refractivity contribution in [3.63, 3.8) is 0 Å². The van der Waals surface area contributed by atoms with Gasteiger partial charge in [-0.2, -0.15) is 0 Å². The van der Waals surface area contributed by atoms with Gasteiger partial charge in [-0.3, -0.25) is 14.9 Å². The number of piperidine rings is 1. The molecule has 0 bridgehead atoms. The van der Waals surface area contributed by atoms with Gasteiger partial charge in [-0.1, -0.05) is 57.5 Å². The molecule has 5 nitrogen and oxygen atoms in total. The summed E-state index contributed by atoms with van der Waals surface area (Å²) in [6.45, 7) is 8.63. The minimum Gasteiger partial charge on any atom is -0.354 e. The van der Waals surface area contributed by atoms with Crippen molar-refractivity contribution in [2.45, 2.75) is 63.3 Å². The molecular formula is C23H35N3O2S. The van der Waals surface area contributed by atoms with E-state index in [0.717, 1.165) is 56.6 Å². The summed E-state index contributed by atoms with van der Waals surface area (Å²) >= 11 is 1.86. The van der Waals surface area contributed by atoms with Gasteiger partial charge >= 0.3 is 0 Å². The van der Waals surface area contributed by atoms with Crippen molar-refractivity contribution < 1.29 is 9.59 Å². The number of benzene rings is 1. The molecule has 3 atom stereocenters. The lowest BCUT2D eigenvalue weighted by Gasteiger charge is -2.40. The average Bonchev–Trinajstić information content (AvgIpc) is 3.17. The zero-order valence-corrected chi connectivity index (χ0v) is 18.8. The van der Waals surface area contributed by atoms with Gasteiger partial charge in [-0.05, 0) is 30.7 Å². The van der Waals surface area contributed by atoms with Gasteiger partial charge in [0.25, 0.3) is 0 Å². The van der Waals surface area contributed by atoms with E-state index in [1.807, 2.05) is 34.9 Å². The zero-order chi connectivity index (χ0) is 20.9. The van der Waals surface area contributed by atoms with E-state index >= 15 is 0 Å². The summed E-state index contributed by atoms with van der Waals surface area (Å²) in [4.78, 5) is 27.6. The maximum atomic E-state index is 13.1.